The van der Waals surface area contributed by atoms with Crippen LogP contribution in [0.5, 0.6) is 0 Å². The molecule has 0 amide bonds. The average molecular weight is 260 g/mol. The standard InChI is InChI=1S/Cu.H2O.Sr.Y.2H/h;1H2;;;;/q;;+2;;2*-1. The fourth-order valence-electron chi connectivity index (χ4n) is 0. The van der Waals surface area contributed by atoms with Crippen molar-refractivity contribution in [3.8, 4) is 0 Å². The van der Waals surface area contributed by atoms with Crippen LogP contribution < -0.4 is 0 Å². The van der Waals surface area contributed by atoms with E-state index in [1.54, 1.807) is 0 Å². The van der Waals surface area contributed by atoms with Crippen LogP contribution in [0.25, 0.3) is 0 Å². The molecule has 0 heterocycles. The Bertz CT molecular complexity index is 13.5. The maximum Gasteiger partial charge on any atom is 2.00 e. The molecule has 0 aromatic carbocycles. The third-order valence-corrected chi connectivity index (χ3v) is 0. The molecular weight excluding hydrogens is 256 g/mol. The van der Waals surface area contributed by atoms with E-state index >= 15 is 0 Å². The summed E-state index contributed by atoms with van der Waals surface area (Å²) in [6.45, 7) is 0. The van der Waals surface area contributed by atoms with Crippen molar-refractivity contribution in [3.05, 3.63) is 0 Å². The summed E-state index contributed by atoms with van der Waals surface area (Å²) in [5, 5.41) is 0. The molecule has 4 heavy (non-hydrogen) atoms. The summed E-state index contributed by atoms with van der Waals surface area (Å²) in [7, 11) is 0. The van der Waals surface area contributed by atoms with Crippen LogP contribution in [0.3, 0.4) is 0 Å². The number of hydrogen-bond donors (Lipinski definition) is 0. The molecule has 0 aromatic rings. The molecule has 0 aliphatic carbocycles. The Kier molecular flexibility index (Phi) is 115. The van der Waals surface area contributed by atoms with Crippen molar-refractivity contribution in [2.75, 3.05) is 0 Å². The summed E-state index contributed by atoms with van der Waals surface area (Å²) in [6.07, 6.45) is 0. The topological polar surface area (TPSA) is 31.5 Å². The zero-order chi connectivity index (χ0) is 0. The Morgan fingerprint density at radius 3 is 1.25 bits per heavy atom. The molecule has 4 heteroatoms. The molecule has 0 unspecified atom stereocenters. The fraction of sp³-hybridized carbons (Fsp3) is 0. The summed E-state index contributed by atoms with van der Waals surface area (Å²) in [5.41, 5.74) is 0. The van der Waals surface area contributed by atoms with Gasteiger partial charge in [-0.1, -0.05) is 0 Å². The van der Waals surface area contributed by atoms with Gasteiger partial charge in [-0.25, -0.2) is 0 Å². The Labute approximate surface area is 101 Å². The Balaban J connectivity index is 0. The molecule has 0 fully saturated rings. The zero-order valence-electron chi connectivity index (χ0n) is 4.09. The van der Waals surface area contributed by atoms with E-state index in [0.717, 1.165) is 0 Å². The van der Waals surface area contributed by atoms with E-state index in [0.29, 0.717) is 0 Å². The first-order valence-electron chi connectivity index (χ1n) is 0. The molecule has 0 rings (SSSR count). The molecule has 0 aliphatic heterocycles. The van der Waals surface area contributed by atoms with Crippen LogP contribution >= 0.6 is 0 Å². The van der Waals surface area contributed by atoms with E-state index in [1.165, 1.54) is 0 Å². The van der Waals surface area contributed by atoms with E-state index in [4.69, 9.17) is 0 Å². The molecule has 0 saturated carbocycles. The number of hydrogen-bond acceptors (Lipinski definition) is 0. The van der Waals surface area contributed by atoms with Gasteiger partial charge in [-0.3, -0.25) is 0 Å². The van der Waals surface area contributed by atoms with Gasteiger partial charge in [-0.05, 0) is 0 Å². The average Bonchev–Trinajstić information content (AvgIpc) is 0. The quantitative estimate of drug-likeness (QED) is 0.501. The Morgan fingerprint density at radius 2 is 1.25 bits per heavy atom. The van der Waals surface area contributed by atoms with E-state index < -0.39 is 0 Å². The fourth-order valence-corrected chi connectivity index (χ4v) is 0. The second-order valence-corrected chi connectivity index (χ2v) is 0. The molecule has 1 nitrogen and oxygen atoms in total. The summed E-state index contributed by atoms with van der Waals surface area (Å²) < 4.78 is 0. The molecule has 2 N–H and O–H groups in total. The zero-order valence-corrected chi connectivity index (χ0v) is 9.34. The second-order valence-electron chi connectivity index (χ2n) is 0. The third-order valence-electron chi connectivity index (χ3n) is 0. The van der Waals surface area contributed by atoms with Gasteiger partial charge in [0.05, 0.1) is 0 Å². The van der Waals surface area contributed by atoms with Crippen molar-refractivity contribution in [1.29, 1.82) is 0 Å². The van der Waals surface area contributed by atoms with Crippen molar-refractivity contribution >= 4 is 45.5 Å². The minimum Gasteiger partial charge on any atom is -1.00 e. The van der Waals surface area contributed by atoms with Crippen molar-refractivity contribution in [3.63, 3.8) is 0 Å². The molecule has 0 aromatic heterocycles. The number of rotatable bonds is 0. The van der Waals surface area contributed by atoms with Gasteiger partial charge in [0, 0.05) is 49.8 Å². The molecule has 0 saturated heterocycles. The molecule has 0 aliphatic rings. The first-order chi connectivity index (χ1) is 0. The van der Waals surface area contributed by atoms with Gasteiger partial charge in [-0.15, -0.1) is 0 Å². The minimum absolute atomic E-state index is 0. The van der Waals surface area contributed by atoms with E-state index in [2.05, 4.69) is 0 Å². The summed E-state index contributed by atoms with van der Waals surface area (Å²) in [4.78, 5) is 0. The molecular formula is H4CuOSrY. The predicted molar refractivity (Wildman–Crippen MR) is 11.6 cm³/mol. The van der Waals surface area contributed by atoms with Crippen LogP contribution in [-0.4, -0.2) is 51.0 Å². The van der Waals surface area contributed by atoms with Crippen molar-refractivity contribution in [2.45, 2.75) is 0 Å². The van der Waals surface area contributed by atoms with Crippen LogP contribution in [0.1, 0.15) is 2.85 Å². The molecule has 0 atom stereocenters. The summed E-state index contributed by atoms with van der Waals surface area (Å²) in [6, 6.07) is 0. The second kappa shape index (κ2) is 16.6. The maximum atomic E-state index is 0. The SMILES string of the molecule is O.[Cu].[H-].[H-].[Sr+2].[Y]. The van der Waals surface area contributed by atoms with E-state index in [-0.39, 0.29) is 104 Å². The smallest absolute Gasteiger partial charge is 1.00 e. The van der Waals surface area contributed by atoms with Gasteiger partial charge in [0.15, 0.2) is 0 Å². The van der Waals surface area contributed by atoms with Crippen molar-refractivity contribution in [2.24, 2.45) is 0 Å². The van der Waals surface area contributed by atoms with Gasteiger partial charge >= 0.3 is 45.5 Å². The van der Waals surface area contributed by atoms with Gasteiger partial charge in [0.1, 0.15) is 0 Å². The van der Waals surface area contributed by atoms with Crippen LogP contribution in [0.4, 0.5) is 0 Å². The Morgan fingerprint density at radius 1 is 1.25 bits per heavy atom. The van der Waals surface area contributed by atoms with Gasteiger partial charge in [0.2, 0.25) is 0 Å². The van der Waals surface area contributed by atoms with E-state index in [9.17, 15) is 0 Å². The molecule has 26 valence electrons. The maximum absolute atomic E-state index is 0. The first kappa shape index (κ1) is 27.7. The Hall–Kier alpha value is 3.06. The van der Waals surface area contributed by atoms with Gasteiger partial charge in [0.25, 0.3) is 0 Å². The summed E-state index contributed by atoms with van der Waals surface area (Å²) >= 11 is 0. The minimum atomic E-state index is 0. The van der Waals surface area contributed by atoms with Crippen LogP contribution in [0, 0.1) is 0 Å². The van der Waals surface area contributed by atoms with Crippen molar-refractivity contribution in [1.82, 2.24) is 0 Å². The molecule has 0 spiro atoms. The monoisotopic (exact) mass is 260 g/mol. The molecule has 2 radical (unpaired) electrons. The van der Waals surface area contributed by atoms with Crippen molar-refractivity contribution < 1.29 is 58.1 Å². The summed E-state index contributed by atoms with van der Waals surface area (Å²) in [5.74, 6) is 0. The van der Waals surface area contributed by atoms with Gasteiger partial charge < -0.3 is 8.33 Å². The van der Waals surface area contributed by atoms with Gasteiger partial charge in [-0.2, -0.15) is 0 Å². The third kappa shape index (κ3) is 8.91. The van der Waals surface area contributed by atoms with E-state index in [1.807, 2.05) is 0 Å². The largest absolute Gasteiger partial charge is 2.00 e. The first-order valence-corrected chi connectivity index (χ1v) is 0. The van der Waals surface area contributed by atoms with Crippen LogP contribution in [0.2, 0.25) is 0 Å². The predicted octanol–water partition coefficient (Wildman–Crippen LogP) is -0.986. The normalized spacial score (nSPS) is 0. The molecule has 0 bridgehead atoms. The van der Waals surface area contributed by atoms with Crippen LogP contribution in [0.15, 0.2) is 0 Å². The van der Waals surface area contributed by atoms with Crippen LogP contribution in [-0.2, 0) is 49.8 Å².